The predicted octanol–water partition coefficient (Wildman–Crippen LogP) is 3.39. The van der Waals surface area contributed by atoms with Gasteiger partial charge in [-0.15, -0.1) is 0 Å². The summed E-state index contributed by atoms with van der Waals surface area (Å²) < 4.78 is 5.11. The Morgan fingerprint density at radius 3 is 2.42 bits per heavy atom. The normalized spacial score (nSPS) is 9.95. The van der Waals surface area contributed by atoms with Gasteiger partial charge in [0.15, 0.2) is 0 Å². The fraction of sp³-hybridized carbons (Fsp3) is 0.200. The van der Waals surface area contributed by atoms with Crippen LogP contribution in [0.15, 0.2) is 48.8 Å². The van der Waals surface area contributed by atoms with Gasteiger partial charge >= 0.3 is 6.09 Å². The van der Waals surface area contributed by atoms with Gasteiger partial charge in [-0.2, -0.15) is 0 Å². The van der Waals surface area contributed by atoms with Crippen LogP contribution in [-0.2, 0) is 17.8 Å². The summed E-state index contributed by atoms with van der Waals surface area (Å²) in [5, 5.41) is 2.69. The van der Waals surface area contributed by atoms with E-state index in [1.54, 1.807) is 12.4 Å². The lowest BCUT2D eigenvalue weighted by Crippen LogP contribution is -2.13. The molecule has 4 nitrogen and oxygen atoms in total. The average molecular weight is 256 g/mol. The summed E-state index contributed by atoms with van der Waals surface area (Å²) in [5.74, 6) is 0. The lowest BCUT2D eigenvalue weighted by Gasteiger charge is -2.07. The standard InChI is InChI=1S/C15H16N2O2/c1-2-12-3-5-14(6-4-12)17-15(18)19-11-13-7-9-16-10-8-13/h3-10H,2,11H2,1H3,(H,17,18). The number of anilines is 1. The molecule has 0 unspecified atom stereocenters. The van der Waals surface area contributed by atoms with Crippen molar-refractivity contribution in [3.05, 3.63) is 59.9 Å². The van der Waals surface area contributed by atoms with Crippen molar-refractivity contribution in [3.63, 3.8) is 0 Å². The molecule has 0 saturated carbocycles. The molecule has 0 aliphatic heterocycles. The van der Waals surface area contributed by atoms with E-state index in [1.807, 2.05) is 36.4 Å². The smallest absolute Gasteiger partial charge is 0.411 e. The Hall–Kier alpha value is -2.36. The molecule has 19 heavy (non-hydrogen) atoms. The van der Waals surface area contributed by atoms with Crippen molar-refractivity contribution in [2.24, 2.45) is 0 Å². The van der Waals surface area contributed by atoms with Gasteiger partial charge in [-0.1, -0.05) is 19.1 Å². The van der Waals surface area contributed by atoms with Crippen LogP contribution in [0.4, 0.5) is 10.5 Å². The summed E-state index contributed by atoms with van der Waals surface area (Å²) in [6.45, 7) is 2.33. The van der Waals surface area contributed by atoms with Gasteiger partial charge in [0, 0.05) is 18.1 Å². The van der Waals surface area contributed by atoms with Crippen LogP contribution in [-0.4, -0.2) is 11.1 Å². The molecule has 2 rings (SSSR count). The van der Waals surface area contributed by atoms with Crippen LogP contribution in [0.2, 0.25) is 0 Å². The molecule has 0 radical (unpaired) electrons. The maximum atomic E-state index is 11.6. The first-order valence-electron chi connectivity index (χ1n) is 6.19. The van der Waals surface area contributed by atoms with E-state index in [9.17, 15) is 4.79 Å². The lowest BCUT2D eigenvalue weighted by atomic mass is 10.1. The van der Waals surface area contributed by atoms with Crippen LogP contribution in [0.1, 0.15) is 18.1 Å². The summed E-state index contributed by atoms with van der Waals surface area (Å²) >= 11 is 0. The zero-order chi connectivity index (χ0) is 13.5. The van der Waals surface area contributed by atoms with Crippen molar-refractivity contribution in [2.75, 3.05) is 5.32 Å². The average Bonchev–Trinajstić information content (AvgIpc) is 2.47. The number of rotatable bonds is 4. The molecule has 0 aliphatic carbocycles. The van der Waals surface area contributed by atoms with Crippen molar-refractivity contribution < 1.29 is 9.53 Å². The number of nitrogens with one attached hydrogen (secondary N) is 1. The highest BCUT2D eigenvalue weighted by molar-refractivity contribution is 5.84. The van der Waals surface area contributed by atoms with Crippen molar-refractivity contribution in [2.45, 2.75) is 20.0 Å². The molecule has 4 heteroatoms. The highest BCUT2D eigenvalue weighted by atomic mass is 16.5. The Labute approximate surface area is 112 Å². The van der Waals surface area contributed by atoms with Crippen LogP contribution in [0.5, 0.6) is 0 Å². The fourth-order valence-corrected chi connectivity index (χ4v) is 1.61. The second kappa shape index (κ2) is 6.54. The van der Waals surface area contributed by atoms with Gasteiger partial charge < -0.3 is 4.74 Å². The first-order valence-corrected chi connectivity index (χ1v) is 6.19. The number of nitrogens with zero attached hydrogens (tertiary/aromatic N) is 1. The van der Waals surface area contributed by atoms with Crippen LogP contribution in [0.3, 0.4) is 0 Å². The van der Waals surface area contributed by atoms with Crippen molar-refractivity contribution in [1.29, 1.82) is 0 Å². The number of hydrogen-bond acceptors (Lipinski definition) is 3. The minimum Gasteiger partial charge on any atom is -0.444 e. The van der Waals surface area contributed by atoms with E-state index in [4.69, 9.17) is 4.74 Å². The number of benzene rings is 1. The van der Waals surface area contributed by atoms with Crippen molar-refractivity contribution in [1.82, 2.24) is 4.98 Å². The molecule has 1 aromatic heterocycles. The van der Waals surface area contributed by atoms with Crippen LogP contribution in [0.25, 0.3) is 0 Å². The van der Waals surface area contributed by atoms with Crippen LogP contribution in [0, 0.1) is 0 Å². The molecular weight excluding hydrogens is 240 g/mol. The summed E-state index contributed by atoms with van der Waals surface area (Å²) in [6.07, 6.45) is 3.86. The van der Waals surface area contributed by atoms with Crippen LogP contribution < -0.4 is 5.32 Å². The number of ether oxygens (including phenoxy) is 1. The Morgan fingerprint density at radius 1 is 1.11 bits per heavy atom. The van der Waals surface area contributed by atoms with Gasteiger partial charge in [-0.25, -0.2) is 4.79 Å². The molecule has 0 fully saturated rings. The zero-order valence-corrected chi connectivity index (χ0v) is 10.8. The van der Waals surface area contributed by atoms with E-state index < -0.39 is 6.09 Å². The van der Waals surface area contributed by atoms with Gasteiger partial charge in [-0.3, -0.25) is 10.3 Å². The number of hydrogen-bond donors (Lipinski definition) is 1. The fourth-order valence-electron chi connectivity index (χ4n) is 1.61. The molecule has 1 amide bonds. The summed E-state index contributed by atoms with van der Waals surface area (Å²) in [6, 6.07) is 11.3. The van der Waals surface area contributed by atoms with E-state index >= 15 is 0 Å². The maximum absolute atomic E-state index is 11.6. The number of carbonyl (C=O) groups excluding carboxylic acids is 1. The molecule has 0 atom stereocenters. The van der Waals surface area contributed by atoms with E-state index in [2.05, 4.69) is 17.2 Å². The number of aryl methyl sites for hydroxylation is 1. The number of amides is 1. The molecule has 1 heterocycles. The zero-order valence-electron chi connectivity index (χ0n) is 10.8. The van der Waals surface area contributed by atoms with Gasteiger partial charge in [0.25, 0.3) is 0 Å². The summed E-state index contributed by atoms with van der Waals surface area (Å²) in [4.78, 5) is 15.5. The second-order valence-corrected chi connectivity index (χ2v) is 4.11. The number of pyridine rings is 1. The molecule has 0 aliphatic rings. The third-order valence-electron chi connectivity index (χ3n) is 2.73. The van der Waals surface area contributed by atoms with E-state index in [1.165, 1.54) is 5.56 Å². The molecule has 0 saturated heterocycles. The maximum Gasteiger partial charge on any atom is 0.411 e. The van der Waals surface area contributed by atoms with Gasteiger partial charge in [-0.05, 0) is 41.8 Å². The van der Waals surface area contributed by atoms with Gasteiger partial charge in [0.05, 0.1) is 0 Å². The Kier molecular flexibility index (Phi) is 4.50. The van der Waals surface area contributed by atoms with E-state index in [0.717, 1.165) is 17.7 Å². The Balaban J connectivity index is 1.83. The molecular formula is C15H16N2O2. The minimum atomic E-state index is -0.457. The Bertz CT molecular complexity index is 524. The van der Waals surface area contributed by atoms with Crippen molar-refractivity contribution in [3.8, 4) is 0 Å². The molecule has 1 N–H and O–H groups in total. The van der Waals surface area contributed by atoms with Crippen molar-refractivity contribution >= 4 is 11.8 Å². The van der Waals surface area contributed by atoms with E-state index in [0.29, 0.717) is 0 Å². The third kappa shape index (κ3) is 4.10. The second-order valence-electron chi connectivity index (χ2n) is 4.11. The van der Waals surface area contributed by atoms with Crippen LogP contribution >= 0.6 is 0 Å². The van der Waals surface area contributed by atoms with Gasteiger partial charge in [0.1, 0.15) is 6.61 Å². The quantitative estimate of drug-likeness (QED) is 0.912. The topological polar surface area (TPSA) is 51.2 Å². The first-order chi connectivity index (χ1) is 9.28. The summed E-state index contributed by atoms with van der Waals surface area (Å²) in [7, 11) is 0. The first kappa shape index (κ1) is 13.1. The van der Waals surface area contributed by atoms with E-state index in [-0.39, 0.29) is 6.61 Å². The minimum absolute atomic E-state index is 0.237. The Morgan fingerprint density at radius 2 is 1.79 bits per heavy atom. The highest BCUT2D eigenvalue weighted by Crippen LogP contribution is 2.10. The molecule has 1 aromatic carbocycles. The number of aromatic nitrogens is 1. The largest absolute Gasteiger partial charge is 0.444 e. The highest BCUT2D eigenvalue weighted by Gasteiger charge is 2.03. The lowest BCUT2D eigenvalue weighted by molar-refractivity contribution is 0.155. The van der Waals surface area contributed by atoms with Gasteiger partial charge in [0.2, 0.25) is 0 Å². The third-order valence-corrected chi connectivity index (χ3v) is 2.73. The molecule has 0 bridgehead atoms. The number of carbonyl (C=O) groups is 1. The predicted molar refractivity (Wildman–Crippen MR) is 73.9 cm³/mol. The monoisotopic (exact) mass is 256 g/mol. The molecule has 2 aromatic rings. The summed E-state index contributed by atoms with van der Waals surface area (Å²) in [5.41, 5.74) is 2.87. The molecule has 98 valence electrons. The SMILES string of the molecule is CCc1ccc(NC(=O)OCc2ccncc2)cc1. The molecule has 0 spiro atoms.